The lowest BCUT2D eigenvalue weighted by Gasteiger charge is -2.35. The first kappa shape index (κ1) is 31.4. The van der Waals surface area contributed by atoms with Crippen LogP contribution in [0.4, 0.5) is 0 Å². The number of cyclic esters (lactones) is 1. The average molecular weight is 496 g/mol. The molecule has 0 bridgehead atoms. The van der Waals surface area contributed by atoms with Crippen molar-refractivity contribution in [1.82, 2.24) is 0 Å². The molecule has 6 heteroatoms. The van der Waals surface area contributed by atoms with Gasteiger partial charge in [0.1, 0.15) is 12.7 Å². The van der Waals surface area contributed by atoms with Crippen molar-refractivity contribution in [3.05, 3.63) is 0 Å². The van der Waals surface area contributed by atoms with Gasteiger partial charge in [0.15, 0.2) is 0 Å². The first-order chi connectivity index (χ1) is 17.0. The number of amides is 1. The summed E-state index contributed by atoms with van der Waals surface area (Å²) in [5.74, 6) is -0.925. The summed E-state index contributed by atoms with van der Waals surface area (Å²) in [5.41, 5.74) is 5.25. The molecule has 2 N–H and O–H groups in total. The van der Waals surface area contributed by atoms with Gasteiger partial charge in [-0.15, -0.1) is 0 Å². The molecule has 0 aromatic heterocycles. The van der Waals surface area contributed by atoms with Crippen LogP contribution < -0.4 is 5.73 Å². The van der Waals surface area contributed by atoms with Crippen LogP contribution in [0, 0.1) is 11.8 Å². The van der Waals surface area contributed by atoms with Gasteiger partial charge in [-0.05, 0) is 25.7 Å². The van der Waals surface area contributed by atoms with E-state index in [1.54, 1.807) is 0 Å². The molecule has 1 rings (SSSR count). The molecule has 0 aliphatic carbocycles. The quantitative estimate of drug-likeness (QED) is 0.115. The molecular formula is C29H53NO5. The number of carbonyl (C=O) groups excluding carboxylic acids is 3. The van der Waals surface area contributed by atoms with Crippen molar-refractivity contribution in [3.8, 4) is 0 Å². The van der Waals surface area contributed by atoms with Gasteiger partial charge in [-0.3, -0.25) is 14.4 Å². The number of esters is 2. The molecule has 1 aliphatic rings. The van der Waals surface area contributed by atoms with Crippen molar-refractivity contribution >= 4 is 17.8 Å². The van der Waals surface area contributed by atoms with Crippen molar-refractivity contribution in [2.75, 3.05) is 6.61 Å². The average Bonchev–Trinajstić information content (AvgIpc) is 2.83. The first-order valence-corrected chi connectivity index (χ1v) is 14.6. The molecule has 1 aliphatic heterocycles. The molecule has 0 saturated carbocycles. The topological polar surface area (TPSA) is 95.7 Å². The summed E-state index contributed by atoms with van der Waals surface area (Å²) < 4.78 is 10.9. The summed E-state index contributed by atoms with van der Waals surface area (Å²) in [6.07, 6.45) is 21.0. The van der Waals surface area contributed by atoms with E-state index in [0.29, 0.717) is 19.3 Å². The summed E-state index contributed by atoms with van der Waals surface area (Å²) in [7, 11) is 0. The van der Waals surface area contributed by atoms with Gasteiger partial charge < -0.3 is 15.2 Å². The Labute approximate surface area is 214 Å². The van der Waals surface area contributed by atoms with Gasteiger partial charge in [-0.2, -0.15) is 0 Å². The predicted octanol–water partition coefficient (Wildman–Crippen LogP) is 7.01. The van der Waals surface area contributed by atoms with Gasteiger partial charge in [0.05, 0.1) is 11.8 Å². The normalized spacial score (nSPS) is 18.1. The van der Waals surface area contributed by atoms with Crippen LogP contribution in [0.25, 0.3) is 0 Å². The molecule has 0 radical (unpaired) electrons. The Hall–Kier alpha value is -1.59. The number of ether oxygens (including phenoxy) is 2. The highest BCUT2D eigenvalue weighted by molar-refractivity contribution is 5.79. The minimum atomic E-state index is -0.296. The van der Waals surface area contributed by atoms with Crippen molar-refractivity contribution in [2.24, 2.45) is 17.6 Å². The fourth-order valence-electron chi connectivity index (χ4n) is 4.87. The van der Waals surface area contributed by atoms with Crippen LogP contribution in [-0.4, -0.2) is 30.6 Å². The number of primary amides is 1. The number of nitrogens with two attached hydrogens (primary N) is 1. The van der Waals surface area contributed by atoms with Crippen LogP contribution in [0.1, 0.15) is 142 Å². The molecule has 35 heavy (non-hydrogen) atoms. The van der Waals surface area contributed by atoms with Crippen molar-refractivity contribution < 1.29 is 23.9 Å². The van der Waals surface area contributed by atoms with E-state index in [1.807, 2.05) is 0 Å². The van der Waals surface area contributed by atoms with E-state index in [4.69, 9.17) is 15.2 Å². The van der Waals surface area contributed by atoms with E-state index in [0.717, 1.165) is 51.4 Å². The summed E-state index contributed by atoms with van der Waals surface area (Å²) in [6.45, 7) is 4.58. The van der Waals surface area contributed by atoms with Crippen molar-refractivity contribution in [2.45, 2.75) is 148 Å². The van der Waals surface area contributed by atoms with E-state index in [2.05, 4.69) is 13.8 Å². The molecule has 0 aromatic carbocycles. The Morgan fingerprint density at radius 2 is 1.31 bits per heavy atom. The lowest BCUT2D eigenvalue weighted by atomic mass is 9.91. The Morgan fingerprint density at radius 1 is 0.800 bits per heavy atom. The SMILES string of the molecule is CCCCCCCCCCCC[C@@H](CCCCC(N)=O)C(=O)OC[C@H]1OC(=O)[C@H]1CCCCCC. The number of hydrogen-bond donors (Lipinski definition) is 1. The maximum atomic E-state index is 12.8. The third-order valence-corrected chi connectivity index (χ3v) is 7.24. The minimum Gasteiger partial charge on any atom is -0.461 e. The minimum absolute atomic E-state index is 0.129. The zero-order valence-electron chi connectivity index (χ0n) is 22.7. The van der Waals surface area contributed by atoms with Crippen LogP contribution in [0.5, 0.6) is 0 Å². The molecule has 6 nitrogen and oxygen atoms in total. The number of rotatable bonds is 24. The summed E-state index contributed by atoms with van der Waals surface area (Å²) in [5, 5.41) is 0. The summed E-state index contributed by atoms with van der Waals surface area (Å²) >= 11 is 0. The van der Waals surface area contributed by atoms with Gasteiger partial charge in [-0.1, -0.05) is 110 Å². The predicted molar refractivity (Wildman–Crippen MR) is 141 cm³/mol. The van der Waals surface area contributed by atoms with Gasteiger partial charge in [-0.25, -0.2) is 0 Å². The third kappa shape index (κ3) is 15.2. The molecule has 1 saturated heterocycles. The fraction of sp³-hybridized carbons (Fsp3) is 0.897. The fourth-order valence-corrected chi connectivity index (χ4v) is 4.87. The number of carbonyl (C=O) groups is 3. The Balaban J connectivity index is 2.33. The molecule has 1 fully saturated rings. The highest BCUT2D eigenvalue weighted by Gasteiger charge is 2.42. The number of unbranched alkanes of at least 4 members (excludes halogenated alkanes) is 13. The van der Waals surface area contributed by atoms with Crippen LogP contribution in [-0.2, 0) is 23.9 Å². The van der Waals surface area contributed by atoms with Gasteiger partial charge in [0.25, 0.3) is 0 Å². The maximum Gasteiger partial charge on any atom is 0.313 e. The molecule has 3 atom stereocenters. The van der Waals surface area contributed by atoms with Crippen LogP contribution in [0.2, 0.25) is 0 Å². The van der Waals surface area contributed by atoms with Crippen LogP contribution in [0.15, 0.2) is 0 Å². The standard InChI is InChI=1S/C29H53NO5/c1-3-5-7-9-10-11-12-13-14-15-19-24(20-17-18-22-27(30)31)28(32)34-23-26-25(29(33)35-26)21-16-8-6-4-2/h24-26H,3-23H2,1-2H3,(H2,30,31)/t24-,25-,26+/m0/s1. The Bertz CT molecular complexity index is 579. The van der Waals surface area contributed by atoms with Gasteiger partial charge in [0, 0.05) is 6.42 Å². The molecule has 1 heterocycles. The van der Waals surface area contributed by atoms with E-state index >= 15 is 0 Å². The first-order valence-electron chi connectivity index (χ1n) is 14.6. The summed E-state index contributed by atoms with van der Waals surface area (Å²) in [6, 6.07) is 0. The Morgan fingerprint density at radius 3 is 1.86 bits per heavy atom. The van der Waals surface area contributed by atoms with E-state index in [9.17, 15) is 14.4 Å². The lowest BCUT2D eigenvalue weighted by Crippen LogP contribution is -2.48. The van der Waals surface area contributed by atoms with Gasteiger partial charge in [0.2, 0.25) is 5.91 Å². The Kier molecular flexibility index (Phi) is 18.5. The third-order valence-electron chi connectivity index (χ3n) is 7.24. The van der Waals surface area contributed by atoms with E-state index in [1.165, 1.54) is 57.8 Å². The summed E-state index contributed by atoms with van der Waals surface area (Å²) in [4.78, 5) is 35.7. The molecule has 0 aromatic rings. The van der Waals surface area contributed by atoms with E-state index in [-0.39, 0.29) is 42.4 Å². The zero-order valence-corrected chi connectivity index (χ0v) is 22.7. The highest BCUT2D eigenvalue weighted by atomic mass is 16.6. The van der Waals surface area contributed by atoms with Crippen molar-refractivity contribution in [3.63, 3.8) is 0 Å². The van der Waals surface area contributed by atoms with Crippen LogP contribution in [0.3, 0.4) is 0 Å². The van der Waals surface area contributed by atoms with Crippen molar-refractivity contribution in [1.29, 1.82) is 0 Å². The second kappa shape index (κ2) is 20.6. The zero-order chi connectivity index (χ0) is 25.7. The molecular weight excluding hydrogens is 442 g/mol. The molecule has 0 spiro atoms. The second-order valence-corrected chi connectivity index (χ2v) is 10.4. The molecule has 1 amide bonds. The largest absolute Gasteiger partial charge is 0.461 e. The molecule has 0 unspecified atom stereocenters. The van der Waals surface area contributed by atoms with Gasteiger partial charge >= 0.3 is 11.9 Å². The monoisotopic (exact) mass is 495 g/mol. The molecule has 204 valence electrons. The van der Waals surface area contributed by atoms with E-state index < -0.39 is 0 Å². The smallest absolute Gasteiger partial charge is 0.313 e. The lowest BCUT2D eigenvalue weighted by molar-refractivity contribution is -0.195. The van der Waals surface area contributed by atoms with Crippen LogP contribution >= 0.6 is 0 Å². The maximum absolute atomic E-state index is 12.8. The second-order valence-electron chi connectivity index (χ2n) is 10.4. The number of hydrogen-bond acceptors (Lipinski definition) is 5. The highest BCUT2D eigenvalue weighted by Crippen LogP contribution is 2.29.